The molecule has 0 aliphatic rings. The Morgan fingerprint density at radius 2 is 2.00 bits per heavy atom. The largest absolute Gasteiger partial charge is 0.309 e. The molecule has 24 heavy (non-hydrogen) atoms. The van der Waals surface area contributed by atoms with E-state index in [1.54, 1.807) is 23.9 Å². The van der Waals surface area contributed by atoms with E-state index < -0.39 is 0 Å². The van der Waals surface area contributed by atoms with Crippen LogP contribution in [-0.2, 0) is 0 Å². The molecule has 0 fully saturated rings. The van der Waals surface area contributed by atoms with Crippen molar-refractivity contribution in [1.29, 1.82) is 0 Å². The number of carbonyl (C=O) groups excluding carboxylic acids is 1. The van der Waals surface area contributed by atoms with Crippen LogP contribution < -0.4 is 0 Å². The maximum atomic E-state index is 12.6. The lowest BCUT2D eigenvalue weighted by Gasteiger charge is -2.09. The summed E-state index contributed by atoms with van der Waals surface area (Å²) in [5.41, 5.74) is 0.652. The van der Waals surface area contributed by atoms with Gasteiger partial charge in [-0.2, -0.15) is 0 Å². The molecular weight excluding hydrogens is 360 g/mol. The Labute approximate surface area is 157 Å². The van der Waals surface area contributed by atoms with E-state index in [1.807, 2.05) is 17.5 Å². The number of hydrogen-bond acceptors (Lipinski definition) is 5. The lowest BCUT2D eigenvalue weighted by Crippen LogP contribution is -2.12. The Hall–Kier alpha value is -0.880. The minimum absolute atomic E-state index is 0.0302. The number of halogens is 1. The molecule has 2 heterocycles. The van der Waals surface area contributed by atoms with E-state index in [2.05, 4.69) is 24.0 Å². The van der Waals surface area contributed by atoms with Crippen molar-refractivity contribution >= 4 is 40.5 Å². The number of pyridine rings is 1. The molecule has 0 aliphatic carbocycles. The van der Waals surface area contributed by atoms with E-state index in [0.29, 0.717) is 10.7 Å². The highest BCUT2D eigenvalue weighted by Gasteiger charge is 2.16. The summed E-state index contributed by atoms with van der Waals surface area (Å²) in [6.07, 6.45) is 4.80. The van der Waals surface area contributed by atoms with Crippen LogP contribution in [0.5, 0.6) is 0 Å². The smallest absolute Gasteiger partial charge is 0.205 e. The first kappa shape index (κ1) is 19.4. The third kappa shape index (κ3) is 6.20. The van der Waals surface area contributed by atoms with E-state index in [9.17, 15) is 4.79 Å². The molecule has 0 bridgehead atoms. The maximum Gasteiger partial charge on any atom is 0.205 e. The average molecular weight is 383 g/mol. The molecular formula is C18H23ClN2OS2. The standard InChI is InChI=1S/C18H23ClN2OS2/c1-21(2)11-5-3-4-6-12-24-18-14(9-10-16(19)20-18)17(22)15-8-7-13-23-15/h7-10,13H,3-6,11-12H2,1-2H3. The zero-order valence-electron chi connectivity index (χ0n) is 14.1. The molecule has 2 aromatic rings. The summed E-state index contributed by atoms with van der Waals surface area (Å²) in [5, 5.41) is 3.09. The molecule has 0 spiro atoms. The zero-order valence-corrected chi connectivity index (χ0v) is 16.5. The minimum Gasteiger partial charge on any atom is -0.309 e. The number of thiophene rings is 1. The first-order valence-corrected chi connectivity index (χ1v) is 10.3. The van der Waals surface area contributed by atoms with Crippen LogP contribution in [0.2, 0.25) is 5.15 Å². The van der Waals surface area contributed by atoms with Gasteiger partial charge in [0.15, 0.2) is 0 Å². The molecule has 2 aromatic heterocycles. The second-order valence-electron chi connectivity index (χ2n) is 5.86. The molecule has 2 rings (SSSR count). The quantitative estimate of drug-likeness (QED) is 0.243. The molecule has 3 nitrogen and oxygen atoms in total. The van der Waals surface area contributed by atoms with E-state index in [-0.39, 0.29) is 5.78 Å². The van der Waals surface area contributed by atoms with Crippen LogP contribution in [0.1, 0.15) is 40.9 Å². The van der Waals surface area contributed by atoms with Gasteiger partial charge in [-0.15, -0.1) is 23.1 Å². The molecule has 0 aliphatic heterocycles. The normalized spacial score (nSPS) is 11.2. The third-order valence-corrected chi connectivity index (χ3v) is 5.71. The van der Waals surface area contributed by atoms with Gasteiger partial charge in [0.05, 0.1) is 10.4 Å². The van der Waals surface area contributed by atoms with Gasteiger partial charge in [-0.25, -0.2) is 4.98 Å². The Morgan fingerprint density at radius 1 is 1.21 bits per heavy atom. The summed E-state index contributed by atoms with van der Waals surface area (Å²) in [6.45, 7) is 1.14. The van der Waals surface area contributed by atoms with Crippen molar-refractivity contribution in [2.75, 3.05) is 26.4 Å². The van der Waals surface area contributed by atoms with Gasteiger partial charge in [-0.3, -0.25) is 4.79 Å². The molecule has 0 saturated carbocycles. The maximum absolute atomic E-state index is 12.6. The number of rotatable bonds is 10. The van der Waals surface area contributed by atoms with Gasteiger partial charge in [-0.05, 0) is 62.8 Å². The van der Waals surface area contributed by atoms with Gasteiger partial charge in [0.25, 0.3) is 0 Å². The number of hydrogen-bond donors (Lipinski definition) is 0. The Kier molecular flexibility index (Phi) is 8.25. The fourth-order valence-corrected chi connectivity index (χ4v) is 4.19. The van der Waals surface area contributed by atoms with Gasteiger partial charge >= 0.3 is 0 Å². The Balaban J connectivity index is 1.88. The second-order valence-corrected chi connectivity index (χ2v) is 8.28. The summed E-state index contributed by atoms with van der Waals surface area (Å²) < 4.78 is 0. The van der Waals surface area contributed by atoms with Crippen LogP contribution >= 0.6 is 34.7 Å². The fourth-order valence-electron chi connectivity index (χ4n) is 2.29. The zero-order chi connectivity index (χ0) is 17.4. The van der Waals surface area contributed by atoms with Crippen LogP contribution in [0, 0.1) is 0 Å². The van der Waals surface area contributed by atoms with Crippen molar-refractivity contribution in [3.63, 3.8) is 0 Å². The number of nitrogens with zero attached hydrogens (tertiary/aromatic N) is 2. The molecule has 0 amide bonds. The topological polar surface area (TPSA) is 33.2 Å². The number of aromatic nitrogens is 1. The summed E-state index contributed by atoms with van der Waals surface area (Å²) in [5.74, 6) is 0.989. The highest BCUT2D eigenvalue weighted by Crippen LogP contribution is 2.27. The fraction of sp³-hybridized carbons (Fsp3) is 0.444. The molecule has 0 aromatic carbocycles. The second kappa shape index (κ2) is 10.2. The lowest BCUT2D eigenvalue weighted by atomic mass is 10.1. The Morgan fingerprint density at radius 3 is 2.71 bits per heavy atom. The van der Waals surface area contributed by atoms with E-state index in [0.717, 1.165) is 28.6 Å². The highest BCUT2D eigenvalue weighted by atomic mass is 35.5. The molecule has 0 saturated heterocycles. The molecule has 0 unspecified atom stereocenters. The lowest BCUT2D eigenvalue weighted by molar-refractivity contribution is 0.103. The monoisotopic (exact) mass is 382 g/mol. The number of carbonyl (C=O) groups is 1. The molecule has 130 valence electrons. The van der Waals surface area contributed by atoms with Gasteiger partial charge in [0.1, 0.15) is 10.2 Å². The van der Waals surface area contributed by atoms with Crippen LogP contribution in [0.4, 0.5) is 0 Å². The third-order valence-electron chi connectivity index (χ3n) is 3.55. The van der Waals surface area contributed by atoms with Crippen molar-refractivity contribution in [3.05, 3.63) is 45.2 Å². The molecule has 0 radical (unpaired) electrons. The van der Waals surface area contributed by atoms with E-state index >= 15 is 0 Å². The van der Waals surface area contributed by atoms with Crippen molar-refractivity contribution in [2.45, 2.75) is 30.7 Å². The minimum atomic E-state index is 0.0302. The predicted molar refractivity (Wildman–Crippen MR) is 105 cm³/mol. The predicted octanol–water partition coefficient (Wildman–Crippen LogP) is 5.24. The van der Waals surface area contributed by atoms with Crippen LogP contribution in [0.25, 0.3) is 0 Å². The van der Waals surface area contributed by atoms with Crippen LogP contribution in [0.15, 0.2) is 34.7 Å². The van der Waals surface area contributed by atoms with E-state index in [1.165, 1.54) is 30.6 Å². The van der Waals surface area contributed by atoms with Crippen molar-refractivity contribution in [1.82, 2.24) is 9.88 Å². The molecule has 6 heteroatoms. The summed E-state index contributed by atoms with van der Waals surface area (Å²) in [7, 11) is 4.21. The van der Waals surface area contributed by atoms with Crippen molar-refractivity contribution in [3.8, 4) is 0 Å². The highest BCUT2D eigenvalue weighted by molar-refractivity contribution is 7.99. The first-order valence-electron chi connectivity index (χ1n) is 8.10. The summed E-state index contributed by atoms with van der Waals surface area (Å²) in [6, 6.07) is 7.22. The Bertz CT molecular complexity index is 644. The van der Waals surface area contributed by atoms with Crippen LogP contribution in [-0.4, -0.2) is 42.1 Å². The molecule has 0 atom stereocenters. The first-order chi connectivity index (χ1) is 11.6. The van der Waals surface area contributed by atoms with Crippen LogP contribution in [0.3, 0.4) is 0 Å². The number of unbranched alkanes of at least 4 members (excludes halogenated alkanes) is 3. The van der Waals surface area contributed by atoms with Crippen molar-refractivity contribution < 1.29 is 4.79 Å². The van der Waals surface area contributed by atoms with Gasteiger partial charge in [-0.1, -0.05) is 30.5 Å². The van der Waals surface area contributed by atoms with Gasteiger partial charge in [0, 0.05) is 0 Å². The van der Waals surface area contributed by atoms with Gasteiger partial charge < -0.3 is 4.90 Å². The summed E-state index contributed by atoms with van der Waals surface area (Å²) >= 11 is 9.10. The summed E-state index contributed by atoms with van der Waals surface area (Å²) in [4.78, 5) is 19.9. The number of thioether (sulfide) groups is 1. The van der Waals surface area contributed by atoms with E-state index in [4.69, 9.17) is 11.6 Å². The average Bonchev–Trinajstić information content (AvgIpc) is 3.07. The van der Waals surface area contributed by atoms with Crippen molar-refractivity contribution in [2.24, 2.45) is 0 Å². The molecule has 0 N–H and O–H groups in total. The van der Waals surface area contributed by atoms with Gasteiger partial charge in [0.2, 0.25) is 5.78 Å². The SMILES string of the molecule is CN(C)CCCCCCSc1nc(Cl)ccc1C(=O)c1cccs1. The number of ketones is 1.